The Balaban J connectivity index is 2.87. The molecule has 0 aliphatic carbocycles. The molecule has 24 nitrogen and oxygen atoms in total. The molecule has 0 bridgehead atoms. The van der Waals surface area contributed by atoms with Crippen molar-refractivity contribution >= 4 is 58.9 Å². The Hall–Kier alpha value is -5.79. The van der Waals surface area contributed by atoms with Crippen LogP contribution in [0.3, 0.4) is 0 Å². The Morgan fingerprint density at radius 3 is 1.79 bits per heavy atom. The molecule has 0 radical (unpaired) electrons. The lowest BCUT2D eigenvalue weighted by Gasteiger charge is -2.28. The number of ketones is 3. The summed E-state index contributed by atoms with van der Waals surface area (Å²) in [6, 6.07) is -3.20. The SMILES string of the molecule is CC(C)[C@H](CC(=O)[C@H](CCC(=O)O)NC(=O)[C@H](CC(=O)O)CC(=O)Cn1cc(CCCF)nn1)C(=O)N[C@@H](CC(=O)O)C(=O)CC(C)(C)C(=O)NCCOCCOCCOCCOCCC(=O)O. The van der Waals surface area contributed by atoms with Crippen LogP contribution in [0.2, 0.25) is 0 Å². The Labute approximate surface area is 392 Å². The van der Waals surface area contributed by atoms with E-state index in [4.69, 9.17) is 24.1 Å². The molecular formula is C43H67FN6O18. The molecule has 3 amide bonds. The van der Waals surface area contributed by atoms with Gasteiger partial charge in [-0.1, -0.05) is 32.9 Å². The zero-order valence-corrected chi connectivity index (χ0v) is 39.0. The molecule has 4 atom stereocenters. The number of alkyl halides is 1. The van der Waals surface area contributed by atoms with Crippen LogP contribution in [-0.2, 0) is 79.9 Å². The van der Waals surface area contributed by atoms with Crippen LogP contribution < -0.4 is 16.0 Å². The maximum atomic E-state index is 13.8. The summed E-state index contributed by atoms with van der Waals surface area (Å²) < 4.78 is 34.9. The zero-order valence-electron chi connectivity index (χ0n) is 39.0. The van der Waals surface area contributed by atoms with E-state index in [9.17, 15) is 67.7 Å². The first-order valence-electron chi connectivity index (χ1n) is 22.1. The highest BCUT2D eigenvalue weighted by molar-refractivity contribution is 5.98. The number of carbonyl (C=O) groups is 10. The average Bonchev–Trinajstić information content (AvgIpc) is 3.69. The van der Waals surface area contributed by atoms with E-state index in [0.29, 0.717) is 5.69 Å². The normalized spacial score (nSPS) is 13.2. The van der Waals surface area contributed by atoms with Crippen LogP contribution in [0.25, 0.3) is 0 Å². The van der Waals surface area contributed by atoms with Crippen molar-refractivity contribution in [2.45, 2.75) is 111 Å². The summed E-state index contributed by atoms with van der Waals surface area (Å²) in [7, 11) is 0. The van der Waals surface area contributed by atoms with Crippen molar-refractivity contribution in [1.29, 1.82) is 0 Å². The van der Waals surface area contributed by atoms with Gasteiger partial charge in [-0.25, -0.2) is 4.68 Å². The highest BCUT2D eigenvalue weighted by atomic mass is 19.1. The molecule has 0 aliphatic heterocycles. The number of carboxylic acid groups (broad SMARTS) is 4. The lowest BCUT2D eigenvalue weighted by atomic mass is 9.83. The lowest BCUT2D eigenvalue weighted by molar-refractivity contribution is -0.143. The van der Waals surface area contributed by atoms with E-state index in [-0.39, 0.29) is 78.7 Å². The van der Waals surface area contributed by atoms with Crippen LogP contribution in [0.4, 0.5) is 4.39 Å². The van der Waals surface area contributed by atoms with E-state index in [1.807, 2.05) is 0 Å². The van der Waals surface area contributed by atoms with Crippen molar-refractivity contribution in [2.75, 3.05) is 66.1 Å². The maximum Gasteiger partial charge on any atom is 0.305 e. The summed E-state index contributed by atoms with van der Waals surface area (Å²) in [4.78, 5) is 126. The van der Waals surface area contributed by atoms with Crippen molar-refractivity contribution in [2.24, 2.45) is 23.2 Å². The molecule has 0 spiro atoms. The Kier molecular flexibility index (Phi) is 29.1. The van der Waals surface area contributed by atoms with E-state index in [1.165, 1.54) is 20.0 Å². The molecule has 0 fully saturated rings. The summed E-state index contributed by atoms with van der Waals surface area (Å²) in [6.45, 7) is 6.76. The topological polar surface area (TPSA) is 355 Å². The van der Waals surface area contributed by atoms with Crippen LogP contribution in [-0.4, -0.2) is 173 Å². The number of rotatable bonds is 41. The summed E-state index contributed by atoms with van der Waals surface area (Å²) in [5.74, 6) is -13.4. The van der Waals surface area contributed by atoms with Gasteiger partial charge >= 0.3 is 23.9 Å². The van der Waals surface area contributed by atoms with Gasteiger partial charge in [-0.2, -0.15) is 0 Å². The minimum absolute atomic E-state index is 0.0576. The van der Waals surface area contributed by atoms with Crippen molar-refractivity contribution in [3.63, 3.8) is 0 Å². The third kappa shape index (κ3) is 26.5. The summed E-state index contributed by atoms with van der Waals surface area (Å²) in [6.07, 6.45) is -2.82. The lowest BCUT2D eigenvalue weighted by Crippen LogP contribution is -2.50. The minimum atomic E-state index is -1.63. The van der Waals surface area contributed by atoms with E-state index in [1.54, 1.807) is 13.8 Å². The zero-order chi connectivity index (χ0) is 51.2. The van der Waals surface area contributed by atoms with Crippen molar-refractivity contribution in [1.82, 2.24) is 30.9 Å². The standard InChI is InChI=1S/C43H67FN6O18/c1-27(2)31(22-34(52)32(7-8-36(54)55)46-40(62)28(21-38(58)59)20-30(51)26-50-25-29(48-49-50)6-5-10-44)41(63)47-33(23-39(60)61)35(53)24-43(3,4)42(64)45-11-13-66-15-17-68-19-18-67-16-14-65-12-9-37(56)57/h25,27-28,31-33H,5-24,26H2,1-4H3,(H,45,64)(H,46,62)(H,47,63)(H,54,55)(H,56,57)(H,58,59)(H,60,61)/t28-,31-,32-,33-/m0/s1. The van der Waals surface area contributed by atoms with Gasteiger partial charge < -0.3 is 55.3 Å². The van der Waals surface area contributed by atoms with Crippen molar-refractivity contribution < 1.29 is 91.7 Å². The number of Topliss-reactive ketones (excluding diaryl/α,β-unsaturated/α-hetero) is 3. The van der Waals surface area contributed by atoms with Gasteiger partial charge in [-0.05, 0) is 25.2 Å². The molecule has 0 aliphatic rings. The average molecular weight is 975 g/mol. The molecule has 1 aromatic rings. The number of ether oxygens (including phenoxy) is 4. The van der Waals surface area contributed by atoms with Gasteiger partial charge in [0.2, 0.25) is 17.7 Å². The van der Waals surface area contributed by atoms with E-state index in [2.05, 4.69) is 26.3 Å². The Bertz CT molecular complexity index is 1820. The van der Waals surface area contributed by atoms with E-state index < -0.39 is 152 Å². The van der Waals surface area contributed by atoms with Gasteiger partial charge in [-0.15, -0.1) is 5.10 Å². The first-order valence-corrected chi connectivity index (χ1v) is 22.1. The van der Waals surface area contributed by atoms with E-state index >= 15 is 0 Å². The fourth-order valence-electron chi connectivity index (χ4n) is 6.36. The van der Waals surface area contributed by atoms with Crippen LogP contribution in [0.15, 0.2) is 6.20 Å². The Morgan fingerprint density at radius 1 is 0.691 bits per heavy atom. The maximum absolute atomic E-state index is 13.8. The second-order valence-electron chi connectivity index (χ2n) is 16.8. The first kappa shape index (κ1) is 60.2. The highest BCUT2D eigenvalue weighted by Gasteiger charge is 2.37. The van der Waals surface area contributed by atoms with Gasteiger partial charge in [0, 0.05) is 44.3 Å². The first-order chi connectivity index (χ1) is 32.1. The molecule has 384 valence electrons. The summed E-state index contributed by atoms with van der Waals surface area (Å²) in [5.41, 5.74) is -0.973. The van der Waals surface area contributed by atoms with Gasteiger partial charge in [-0.3, -0.25) is 52.3 Å². The fraction of sp³-hybridized carbons (Fsp3) is 0.721. The molecule has 7 N–H and O–H groups in total. The number of amides is 3. The number of aromatic nitrogens is 3. The van der Waals surface area contributed by atoms with Gasteiger partial charge in [0.15, 0.2) is 17.3 Å². The quantitative estimate of drug-likeness (QED) is 0.0437. The highest BCUT2D eigenvalue weighted by Crippen LogP contribution is 2.24. The second-order valence-corrected chi connectivity index (χ2v) is 16.8. The third-order valence-electron chi connectivity index (χ3n) is 10.1. The van der Waals surface area contributed by atoms with Crippen molar-refractivity contribution in [3.05, 3.63) is 11.9 Å². The number of nitrogens with one attached hydrogen (secondary N) is 3. The molecule has 68 heavy (non-hydrogen) atoms. The number of nitrogens with zero attached hydrogens (tertiary/aromatic N) is 3. The molecule has 0 unspecified atom stereocenters. The molecule has 25 heteroatoms. The number of hydrogen-bond donors (Lipinski definition) is 7. The number of carbonyl (C=O) groups excluding carboxylic acids is 6. The third-order valence-corrected chi connectivity index (χ3v) is 10.1. The molecule has 1 heterocycles. The van der Waals surface area contributed by atoms with Gasteiger partial charge in [0.1, 0.15) is 6.54 Å². The van der Waals surface area contributed by atoms with Gasteiger partial charge in [0.25, 0.3) is 0 Å². The molecule has 0 aromatic carbocycles. The van der Waals surface area contributed by atoms with Crippen molar-refractivity contribution in [3.8, 4) is 0 Å². The molecule has 1 aromatic heterocycles. The van der Waals surface area contributed by atoms with E-state index in [0.717, 1.165) is 4.68 Å². The fourth-order valence-corrected chi connectivity index (χ4v) is 6.36. The largest absolute Gasteiger partial charge is 0.481 e. The predicted molar refractivity (Wildman–Crippen MR) is 233 cm³/mol. The van der Waals surface area contributed by atoms with Crippen LogP contribution in [0.5, 0.6) is 0 Å². The molecular weight excluding hydrogens is 907 g/mol. The number of carboxylic acids is 4. The number of aliphatic carboxylic acids is 4. The minimum Gasteiger partial charge on any atom is -0.481 e. The Morgan fingerprint density at radius 2 is 1.25 bits per heavy atom. The number of aryl methyl sites for hydroxylation is 1. The van der Waals surface area contributed by atoms with Crippen LogP contribution in [0, 0.1) is 23.2 Å². The molecule has 0 saturated heterocycles. The second kappa shape index (κ2) is 32.8. The molecule has 0 saturated carbocycles. The summed E-state index contributed by atoms with van der Waals surface area (Å²) in [5, 5.41) is 52.1. The number of halogens is 1. The summed E-state index contributed by atoms with van der Waals surface area (Å²) >= 11 is 0. The van der Waals surface area contributed by atoms with Crippen LogP contribution in [0.1, 0.15) is 91.2 Å². The van der Waals surface area contributed by atoms with Crippen LogP contribution >= 0.6 is 0 Å². The predicted octanol–water partition coefficient (Wildman–Crippen LogP) is 0.414. The number of hydrogen-bond acceptors (Lipinski definition) is 16. The smallest absolute Gasteiger partial charge is 0.305 e. The monoisotopic (exact) mass is 974 g/mol. The molecule has 1 rings (SSSR count). The van der Waals surface area contributed by atoms with Gasteiger partial charge in [0.05, 0.1) is 108 Å².